The van der Waals surface area contributed by atoms with E-state index in [1.54, 1.807) is 0 Å². The molecule has 1 saturated heterocycles. The van der Waals surface area contributed by atoms with Crippen LogP contribution in [-0.2, 0) is 13.6 Å². The van der Waals surface area contributed by atoms with Crippen molar-refractivity contribution in [2.45, 2.75) is 38.8 Å². The number of aryl methyl sites for hydroxylation is 1. The number of likely N-dealkylation sites (tertiary alicyclic amines) is 1. The Bertz CT molecular complexity index is 372. The molecule has 0 radical (unpaired) electrons. The fraction of sp³-hybridized carbons (Fsp3) is 0.818. The van der Waals surface area contributed by atoms with Crippen molar-refractivity contribution in [3.8, 4) is 0 Å². The zero-order valence-electron chi connectivity index (χ0n) is 10.3. The van der Waals surface area contributed by atoms with Crippen LogP contribution in [0.15, 0.2) is 0 Å². The molecule has 0 spiro atoms. The molecule has 1 atom stereocenters. The number of hydrogen-bond donors (Lipinski definition) is 1. The molecular weight excluding hydrogens is 204 g/mol. The highest BCUT2D eigenvalue weighted by Gasteiger charge is 2.28. The Balaban J connectivity index is 2.02. The van der Waals surface area contributed by atoms with E-state index in [9.17, 15) is 5.11 Å². The number of hydrogen-bond acceptors (Lipinski definition) is 4. The minimum atomic E-state index is -0.550. The molecular formula is C11H20N4O. The largest absolute Gasteiger partial charge is 0.389 e. The lowest BCUT2D eigenvalue weighted by Crippen LogP contribution is -2.45. The van der Waals surface area contributed by atoms with Crippen LogP contribution >= 0.6 is 0 Å². The molecule has 5 nitrogen and oxygen atoms in total. The highest BCUT2D eigenvalue weighted by molar-refractivity contribution is 4.94. The second kappa shape index (κ2) is 4.14. The molecule has 1 unspecified atom stereocenters. The molecule has 1 aromatic heterocycles. The number of nitrogens with zero attached hydrogens (tertiary/aromatic N) is 4. The van der Waals surface area contributed by atoms with Gasteiger partial charge < -0.3 is 9.67 Å². The third kappa shape index (κ3) is 2.41. The van der Waals surface area contributed by atoms with Gasteiger partial charge in [0, 0.05) is 13.6 Å². The van der Waals surface area contributed by atoms with E-state index in [0.29, 0.717) is 0 Å². The summed E-state index contributed by atoms with van der Waals surface area (Å²) in [5, 5.41) is 18.2. The molecule has 5 heteroatoms. The van der Waals surface area contributed by atoms with Gasteiger partial charge in [0.15, 0.2) is 0 Å². The second-order valence-corrected chi connectivity index (χ2v) is 5.03. The minimum Gasteiger partial charge on any atom is -0.389 e. The van der Waals surface area contributed by atoms with Crippen molar-refractivity contribution < 1.29 is 5.11 Å². The second-order valence-electron chi connectivity index (χ2n) is 5.03. The molecule has 0 bridgehead atoms. The van der Waals surface area contributed by atoms with Crippen molar-refractivity contribution >= 4 is 0 Å². The van der Waals surface area contributed by atoms with Crippen LogP contribution in [0, 0.1) is 6.92 Å². The Hall–Kier alpha value is -0.940. The summed E-state index contributed by atoms with van der Waals surface area (Å²) in [5.41, 5.74) is -0.550. The lowest BCUT2D eigenvalue weighted by atomic mass is 9.95. The van der Waals surface area contributed by atoms with Gasteiger partial charge in [-0.3, -0.25) is 4.90 Å². The Morgan fingerprint density at radius 3 is 2.75 bits per heavy atom. The van der Waals surface area contributed by atoms with Crippen LogP contribution in [0.25, 0.3) is 0 Å². The summed E-state index contributed by atoms with van der Waals surface area (Å²) in [5.74, 6) is 1.90. The molecule has 1 fully saturated rings. The first-order valence-corrected chi connectivity index (χ1v) is 5.77. The van der Waals surface area contributed by atoms with Crippen molar-refractivity contribution in [1.29, 1.82) is 0 Å². The molecule has 16 heavy (non-hydrogen) atoms. The predicted molar refractivity (Wildman–Crippen MR) is 60.9 cm³/mol. The van der Waals surface area contributed by atoms with Crippen molar-refractivity contribution in [2.75, 3.05) is 13.1 Å². The first-order chi connectivity index (χ1) is 7.48. The minimum absolute atomic E-state index is 0.550. The molecule has 1 aliphatic rings. The highest BCUT2D eigenvalue weighted by atomic mass is 16.3. The molecule has 1 N–H and O–H groups in total. The SMILES string of the molecule is Cc1nnc(CN2CCCC(C)(O)C2)n1C. The van der Waals surface area contributed by atoms with Gasteiger partial charge in [-0.2, -0.15) is 0 Å². The smallest absolute Gasteiger partial charge is 0.146 e. The van der Waals surface area contributed by atoms with Gasteiger partial charge in [0.2, 0.25) is 0 Å². The zero-order valence-corrected chi connectivity index (χ0v) is 10.3. The topological polar surface area (TPSA) is 54.2 Å². The molecule has 0 saturated carbocycles. The molecule has 1 aromatic rings. The van der Waals surface area contributed by atoms with Gasteiger partial charge in [0.05, 0.1) is 12.1 Å². The van der Waals surface area contributed by atoms with E-state index in [1.807, 2.05) is 25.5 Å². The number of piperidine rings is 1. The van der Waals surface area contributed by atoms with Gasteiger partial charge in [-0.05, 0) is 33.2 Å². The van der Waals surface area contributed by atoms with E-state index in [1.165, 1.54) is 0 Å². The lowest BCUT2D eigenvalue weighted by molar-refractivity contribution is -0.0191. The van der Waals surface area contributed by atoms with Gasteiger partial charge in [-0.1, -0.05) is 0 Å². The average Bonchev–Trinajstić information content (AvgIpc) is 2.48. The van der Waals surface area contributed by atoms with Gasteiger partial charge in [-0.25, -0.2) is 0 Å². The zero-order chi connectivity index (χ0) is 11.8. The van der Waals surface area contributed by atoms with Crippen LogP contribution in [0.3, 0.4) is 0 Å². The quantitative estimate of drug-likeness (QED) is 0.793. The highest BCUT2D eigenvalue weighted by Crippen LogP contribution is 2.21. The van der Waals surface area contributed by atoms with Crippen LogP contribution in [0.5, 0.6) is 0 Å². The van der Waals surface area contributed by atoms with Gasteiger partial charge >= 0.3 is 0 Å². The fourth-order valence-electron chi connectivity index (χ4n) is 2.25. The molecule has 90 valence electrons. The summed E-state index contributed by atoms with van der Waals surface area (Å²) in [6.07, 6.45) is 1.94. The third-order valence-corrected chi connectivity index (χ3v) is 3.30. The van der Waals surface area contributed by atoms with Gasteiger partial charge in [-0.15, -0.1) is 10.2 Å². The van der Waals surface area contributed by atoms with Crippen LogP contribution in [0.1, 0.15) is 31.4 Å². The monoisotopic (exact) mass is 224 g/mol. The first kappa shape index (κ1) is 11.5. The molecule has 2 heterocycles. The summed E-state index contributed by atoms with van der Waals surface area (Å²) >= 11 is 0. The Labute approximate surface area is 96.1 Å². The summed E-state index contributed by atoms with van der Waals surface area (Å²) in [4.78, 5) is 2.24. The Morgan fingerprint density at radius 2 is 2.19 bits per heavy atom. The van der Waals surface area contributed by atoms with Gasteiger partial charge in [0.25, 0.3) is 0 Å². The summed E-state index contributed by atoms with van der Waals surface area (Å²) < 4.78 is 2.00. The fourth-order valence-corrected chi connectivity index (χ4v) is 2.25. The lowest BCUT2D eigenvalue weighted by Gasteiger charge is -2.36. The standard InChI is InChI=1S/C11H20N4O/c1-9-12-13-10(14(9)3)7-15-6-4-5-11(2,16)8-15/h16H,4-8H2,1-3H3. The number of β-amino-alcohol motifs (C(OH)–C–C–N with tert-alkyl or cyclic N) is 1. The summed E-state index contributed by atoms with van der Waals surface area (Å²) in [6.45, 7) is 6.37. The molecule has 1 aliphatic heterocycles. The summed E-state index contributed by atoms with van der Waals surface area (Å²) in [7, 11) is 1.98. The molecule has 0 aliphatic carbocycles. The van der Waals surface area contributed by atoms with Crippen LogP contribution in [0.2, 0.25) is 0 Å². The average molecular weight is 224 g/mol. The molecule has 2 rings (SSSR count). The van der Waals surface area contributed by atoms with E-state index >= 15 is 0 Å². The summed E-state index contributed by atoms with van der Waals surface area (Å²) in [6, 6.07) is 0. The van der Waals surface area contributed by atoms with Crippen molar-refractivity contribution in [3.05, 3.63) is 11.6 Å². The van der Waals surface area contributed by atoms with E-state index in [2.05, 4.69) is 15.1 Å². The van der Waals surface area contributed by atoms with E-state index in [4.69, 9.17) is 0 Å². The maximum Gasteiger partial charge on any atom is 0.146 e. The predicted octanol–water partition coefficient (Wildman–Crippen LogP) is 0.470. The molecule has 0 aromatic carbocycles. The maximum absolute atomic E-state index is 10.0. The number of rotatable bonds is 2. The van der Waals surface area contributed by atoms with Crippen molar-refractivity contribution in [1.82, 2.24) is 19.7 Å². The van der Waals surface area contributed by atoms with Crippen LogP contribution < -0.4 is 0 Å². The first-order valence-electron chi connectivity index (χ1n) is 5.77. The van der Waals surface area contributed by atoms with E-state index < -0.39 is 5.60 Å². The maximum atomic E-state index is 10.0. The van der Waals surface area contributed by atoms with Crippen LogP contribution in [0.4, 0.5) is 0 Å². The number of aliphatic hydroxyl groups is 1. The van der Waals surface area contributed by atoms with Crippen LogP contribution in [-0.4, -0.2) is 43.5 Å². The Morgan fingerprint density at radius 1 is 1.44 bits per heavy atom. The number of aromatic nitrogens is 3. The van der Waals surface area contributed by atoms with Crippen molar-refractivity contribution in [2.24, 2.45) is 7.05 Å². The molecule has 0 amide bonds. The van der Waals surface area contributed by atoms with E-state index in [0.717, 1.165) is 44.1 Å². The van der Waals surface area contributed by atoms with Crippen molar-refractivity contribution in [3.63, 3.8) is 0 Å². The normalized spacial score (nSPS) is 27.2. The van der Waals surface area contributed by atoms with Gasteiger partial charge in [0.1, 0.15) is 11.6 Å². The Kier molecular flexibility index (Phi) is 2.99. The van der Waals surface area contributed by atoms with E-state index in [-0.39, 0.29) is 0 Å². The third-order valence-electron chi connectivity index (χ3n) is 3.30.